The van der Waals surface area contributed by atoms with Crippen LogP contribution in [-0.4, -0.2) is 44.3 Å². The molecule has 0 radical (unpaired) electrons. The molecule has 14 atom stereocenters. The van der Waals surface area contributed by atoms with Gasteiger partial charge < -0.3 is 20.4 Å². The van der Waals surface area contributed by atoms with Crippen LogP contribution >= 0.6 is 0 Å². The van der Waals surface area contributed by atoms with E-state index in [1.54, 1.807) is 0 Å². The van der Waals surface area contributed by atoms with Gasteiger partial charge in [-0.05, 0) is 103 Å². The molecule has 5 aliphatic rings. The summed E-state index contributed by atoms with van der Waals surface area (Å²) in [6, 6.07) is 0. The predicted octanol–water partition coefficient (Wildman–Crippen LogP) is 5.02. The number of aliphatic hydroxyl groups is 4. The van der Waals surface area contributed by atoms with Gasteiger partial charge in [-0.25, -0.2) is 0 Å². The summed E-state index contributed by atoms with van der Waals surface area (Å²) in [7, 11) is 0. The first-order valence-corrected chi connectivity index (χ1v) is 14.5. The molecule has 4 heteroatoms. The highest BCUT2D eigenvalue weighted by Crippen LogP contribution is 2.72. The van der Waals surface area contributed by atoms with Crippen molar-refractivity contribution < 1.29 is 20.4 Å². The average molecular weight is 477 g/mol. The van der Waals surface area contributed by atoms with Crippen LogP contribution < -0.4 is 0 Å². The summed E-state index contributed by atoms with van der Waals surface area (Å²) in [6.07, 6.45) is 4.87. The van der Waals surface area contributed by atoms with Gasteiger partial charge in [-0.1, -0.05) is 48.5 Å². The number of hydrogen-bond acceptors (Lipinski definition) is 4. The van der Waals surface area contributed by atoms with Gasteiger partial charge in [0.05, 0.1) is 23.9 Å². The lowest BCUT2D eigenvalue weighted by Crippen LogP contribution is -2.71. The summed E-state index contributed by atoms with van der Waals surface area (Å²) >= 11 is 0. The van der Waals surface area contributed by atoms with Crippen LogP contribution in [0.5, 0.6) is 0 Å². The summed E-state index contributed by atoms with van der Waals surface area (Å²) in [5, 5.41) is 45.1. The van der Waals surface area contributed by atoms with Crippen LogP contribution in [0.4, 0.5) is 0 Å². The second kappa shape index (κ2) is 7.92. The summed E-state index contributed by atoms with van der Waals surface area (Å²) in [5.41, 5.74) is -1.29. The maximum atomic E-state index is 11.7. The number of aliphatic hydroxyl groups excluding tert-OH is 3. The zero-order valence-electron chi connectivity index (χ0n) is 22.8. The van der Waals surface area contributed by atoms with Gasteiger partial charge in [0.25, 0.3) is 0 Å². The van der Waals surface area contributed by atoms with Crippen LogP contribution in [0.1, 0.15) is 99.8 Å². The van der Waals surface area contributed by atoms with Crippen LogP contribution in [0.3, 0.4) is 0 Å². The number of rotatable bonds is 4. The molecule has 4 nitrogen and oxygen atoms in total. The van der Waals surface area contributed by atoms with E-state index in [-0.39, 0.29) is 23.7 Å². The summed E-state index contributed by atoms with van der Waals surface area (Å²) < 4.78 is 0. The van der Waals surface area contributed by atoms with Gasteiger partial charge in [-0.15, -0.1) is 0 Å². The summed E-state index contributed by atoms with van der Waals surface area (Å²) in [6.45, 7) is 16.7. The van der Waals surface area contributed by atoms with Gasteiger partial charge in [-0.2, -0.15) is 0 Å². The summed E-state index contributed by atoms with van der Waals surface area (Å²) in [5.74, 6) is 4.27. The van der Waals surface area contributed by atoms with Crippen molar-refractivity contribution in [1.82, 2.24) is 0 Å². The molecule has 0 amide bonds. The Morgan fingerprint density at radius 1 is 0.824 bits per heavy atom. The zero-order chi connectivity index (χ0) is 25.0. The van der Waals surface area contributed by atoms with E-state index < -0.39 is 29.3 Å². The topological polar surface area (TPSA) is 80.9 Å². The second-order valence-electron chi connectivity index (χ2n) is 15.0. The molecule has 0 aromatic carbocycles. The van der Waals surface area contributed by atoms with E-state index in [9.17, 15) is 20.4 Å². The lowest BCUT2D eigenvalue weighted by Gasteiger charge is -2.66. The summed E-state index contributed by atoms with van der Waals surface area (Å²) in [4.78, 5) is 0. The van der Waals surface area contributed by atoms with Gasteiger partial charge in [-0.3, -0.25) is 0 Å². The third-order valence-electron chi connectivity index (χ3n) is 13.5. The molecule has 0 bridgehead atoms. The van der Waals surface area contributed by atoms with Gasteiger partial charge in [0.1, 0.15) is 0 Å². The fraction of sp³-hybridized carbons (Fsp3) is 1.00. The van der Waals surface area contributed by atoms with Crippen LogP contribution in [-0.2, 0) is 0 Å². The second-order valence-corrected chi connectivity index (χ2v) is 15.0. The van der Waals surface area contributed by atoms with E-state index in [1.165, 1.54) is 19.3 Å². The Hall–Kier alpha value is -0.160. The van der Waals surface area contributed by atoms with Crippen molar-refractivity contribution in [3.8, 4) is 0 Å². The normalized spacial score (nSPS) is 58.6. The molecule has 4 N–H and O–H groups in total. The van der Waals surface area contributed by atoms with Crippen molar-refractivity contribution in [3.63, 3.8) is 0 Å². The van der Waals surface area contributed by atoms with E-state index in [4.69, 9.17) is 0 Å². The molecule has 5 saturated carbocycles. The first-order chi connectivity index (χ1) is 15.7. The molecule has 4 unspecified atom stereocenters. The molecule has 0 aromatic rings. The molecule has 0 heterocycles. The van der Waals surface area contributed by atoms with Crippen molar-refractivity contribution in [3.05, 3.63) is 0 Å². The van der Waals surface area contributed by atoms with Crippen molar-refractivity contribution in [2.45, 2.75) is 124 Å². The molecular formula is C30H52O4. The molecule has 0 spiro atoms. The minimum Gasteiger partial charge on any atom is -0.393 e. The Morgan fingerprint density at radius 3 is 2.15 bits per heavy atom. The van der Waals surface area contributed by atoms with E-state index in [2.05, 4.69) is 48.5 Å². The Morgan fingerprint density at radius 2 is 1.50 bits per heavy atom. The lowest BCUT2D eigenvalue weighted by atomic mass is 9.41. The fourth-order valence-corrected chi connectivity index (χ4v) is 11.1. The smallest absolute Gasteiger partial charge is 0.0986 e. The molecule has 0 aliphatic heterocycles. The van der Waals surface area contributed by atoms with E-state index in [0.29, 0.717) is 48.3 Å². The highest BCUT2D eigenvalue weighted by Gasteiger charge is 2.70. The van der Waals surface area contributed by atoms with Gasteiger partial charge in [0, 0.05) is 11.8 Å². The maximum absolute atomic E-state index is 11.7. The lowest BCUT2D eigenvalue weighted by molar-refractivity contribution is -0.283. The van der Waals surface area contributed by atoms with Crippen LogP contribution in [0, 0.1) is 63.6 Å². The van der Waals surface area contributed by atoms with Crippen molar-refractivity contribution in [1.29, 1.82) is 0 Å². The van der Waals surface area contributed by atoms with Gasteiger partial charge in [0.2, 0.25) is 0 Å². The third-order valence-corrected chi connectivity index (χ3v) is 13.5. The number of fused-ring (bicyclic) bond motifs is 5. The van der Waals surface area contributed by atoms with E-state index >= 15 is 0 Å². The van der Waals surface area contributed by atoms with E-state index in [1.807, 2.05) is 0 Å². The molecule has 34 heavy (non-hydrogen) atoms. The molecule has 5 aliphatic carbocycles. The molecule has 0 saturated heterocycles. The molecule has 196 valence electrons. The zero-order valence-corrected chi connectivity index (χ0v) is 22.8. The number of hydrogen-bond donors (Lipinski definition) is 4. The fourth-order valence-electron chi connectivity index (χ4n) is 11.1. The third kappa shape index (κ3) is 3.23. The first kappa shape index (κ1) is 25.5. The Balaban J connectivity index is 1.41. The quantitative estimate of drug-likeness (QED) is 0.459. The standard InChI is InChI=1S/C30H52O4/c1-16(2)18(4)27(5)14-23(27)17(3)21-8-9-22-20-12-25(33)30(34)13-19(31)10-11-29(30,7)26(20)24(32)15-28(21,22)6/h16-26,31-34H,8-15H2,1-7H3/t17-,18+,19-,20?,21+,22?,23?,24+,25+,26?,27+,28+,29+,30-/m0/s1. The van der Waals surface area contributed by atoms with Gasteiger partial charge in [0.15, 0.2) is 0 Å². The van der Waals surface area contributed by atoms with Crippen molar-refractivity contribution >= 4 is 0 Å². The Labute approximate surface area is 207 Å². The maximum Gasteiger partial charge on any atom is 0.0986 e. The molecule has 5 rings (SSSR count). The van der Waals surface area contributed by atoms with E-state index in [0.717, 1.165) is 18.3 Å². The van der Waals surface area contributed by atoms with Gasteiger partial charge >= 0.3 is 0 Å². The molecular weight excluding hydrogens is 424 g/mol. The van der Waals surface area contributed by atoms with Crippen molar-refractivity contribution in [2.24, 2.45) is 63.6 Å². The Kier molecular flexibility index (Phi) is 5.94. The molecule has 5 fully saturated rings. The SMILES string of the molecule is CC(C)[C@@H](C)[C@@]1(C)CC1[C@@H](C)[C@H]1CCC2C3C[C@@H](O)[C@@]4(O)C[C@@H](O)CC[C@]4(C)C3[C@H](O)C[C@@]21C. The van der Waals surface area contributed by atoms with Crippen LogP contribution in [0.25, 0.3) is 0 Å². The highest BCUT2D eigenvalue weighted by atomic mass is 16.3. The minimum absolute atomic E-state index is 0.00712. The average Bonchev–Trinajstić information content (AvgIpc) is 3.32. The minimum atomic E-state index is -1.30. The first-order valence-electron chi connectivity index (χ1n) is 14.5. The Bertz CT molecular complexity index is 799. The monoisotopic (exact) mass is 476 g/mol. The van der Waals surface area contributed by atoms with Crippen LogP contribution in [0.2, 0.25) is 0 Å². The predicted molar refractivity (Wildman–Crippen MR) is 135 cm³/mol. The largest absolute Gasteiger partial charge is 0.393 e. The molecule has 0 aromatic heterocycles. The van der Waals surface area contributed by atoms with Crippen molar-refractivity contribution in [2.75, 3.05) is 0 Å². The van der Waals surface area contributed by atoms with Crippen LogP contribution in [0.15, 0.2) is 0 Å². The highest BCUT2D eigenvalue weighted by molar-refractivity contribution is 5.19.